The van der Waals surface area contributed by atoms with Crippen LogP contribution in [0.5, 0.6) is 11.5 Å². The number of amides is 1. The molecule has 0 saturated carbocycles. The van der Waals surface area contributed by atoms with E-state index >= 15 is 0 Å². The van der Waals surface area contributed by atoms with Crippen LogP contribution in [0.1, 0.15) is 16.7 Å². The van der Waals surface area contributed by atoms with Crippen molar-refractivity contribution < 1.29 is 22.7 Å². The zero-order valence-corrected chi connectivity index (χ0v) is 19.8. The molecule has 0 saturated heterocycles. The van der Waals surface area contributed by atoms with E-state index in [0.717, 1.165) is 11.1 Å². The molecule has 1 amide bonds. The van der Waals surface area contributed by atoms with Gasteiger partial charge in [0, 0.05) is 18.7 Å². The lowest BCUT2D eigenvalue weighted by atomic mass is 10.2. The van der Waals surface area contributed by atoms with Crippen LogP contribution in [0.2, 0.25) is 0 Å². The molecular formula is C25H28N2O5S. The number of methoxy groups -OCH3 is 2. The van der Waals surface area contributed by atoms with Gasteiger partial charge in [-0.2, -0.15) is 4.31 Å². The monoisotopic (exact) mass is 468 g/mol. The average molecular weight is 469 g/mol. The predicted octanol–water partition coefficient (Wildman–Crippen LogP) is 3.52. The molecule has 3 aromatic carbocycles. The third-order valence-electron chi connectivity index (χ3n) is 5.19. The summed E-state index contributed by atoms with van der Waals surface area (Å²) in [4.78, 5) is 12.9. The van der Waals surface area contributed by atoms with Gasteiger partial charge in [-0.1, -0.05) is 48.5 Å². The second-order valence-corrected chi connectivity index (χ2v) is 9.42. The number of ether oxygens (including phenoxy) is 2. The SMILES string of the molecule is COc1ccc(S(=O)(=O)N(CC(=O)NCc2ccccc2OC)Cc2ccccc2)cc1C. The third-order valence-corrected chi connectivity index (χ3v) is 6.98. The summed E-state index contributed by atoms with van der Waals surface area (Å²) in [5, 5.41) is 2.80. The predicted molar refractivity (Wildman–Crippen MR) is 127 cm³/mol. The first-order valence-corrected chi connectivity index (χ1v) is 11.9. The molecule has 3 rings (SSSR count). The molecule has 0 atom stereocenters. The first kappa shape index (κ1) is 24.3. The van der Waals surface area contributed by atoms with Gasteiger partial charge in [-0.05, 0) is 42.3 Å². The van der Waals surface area contributed by atoms with Crippen molar-refractivity contribution in [3.63, 3.8) is 0 Å². The molecule has 1 N–H and O–H groups in total. The van der Waals surface area contributed by atoms with E-state index in [-0.39, 0.29) is 24.5 Å². The fourth-order valence-electron chi connectivity index (χ4n) is 3.43. The van der Waals surface area contributed by atoms with E-state index in [4.69, 9.17) is 9.47 Å². The quantitative estimate of drug-likeness (QED) is 0.492. The lowest BCUT2D eigenvalue weighted by molar-refractivity contribution is -0.121. The molecular weight excluding hydrogens is 440 g/mol. The van der Waals surface area contributed by atoms with Crippen molar-refractivity contribution in [2.45, 2.75) is 24.9 Å². The number of rotatable bonds is 10. The molecule has 0 radical (unpaired) electrons. The van der Waals surface area contributed by atoms with Gasteiger partial charge in [0.25, 0.3) is 0 Å². The number of carbonyl (C=O) groups excluding carboxylic acids is 1. The van der Waals surface area contributed by atoms with Crippen molar-refractivity contribution in [2.24, 2.45) is 0 Å². The highest BCUT2D eigenvalue weighted by Crippen LogP contribution is 2.25. The van der Waals surface area contributed by atoms with Crippen molar-refractivity contribution in [1.29, 1.82) is 0 Å². The fourth-order valence-corrected chi connectivity index (χ4v) is 4.90. The first-order valence-electron chi connectivity index (χ1n) is 10.4. The molecule has 0 aromatic heterocycles. The normalized spacial score (nSPS) is 11.3. The van der Waals surface area contributed by atoms with Crippen molar-refractivity contribution >= 4 is 15.9 Å². The minimum atomic E-state index is -3.95. The molecule has 0 bridgehead atoms. The van der Waals surface area contributed by atoms with Crippen LogP contribution in [0.3, 0.4) is 0 Å². The largest absolute Gasteiger partial charge is 0.496 e. The van der Waals surface area contributed by atoms with Gasteiger partial charge in [0.05, 0.1) is 25.7 Å². The Morgan fingerprint density at radius 3 is 2.24 bits per heavy atom. The lowest BCUT2D eigenvalue weighted by Gasteiger charge is -2.22. The second-order valence-electron chi connectivity index (χ2n) is 7.48. The molecule has 0 heterocycles. The number of sulfonamides is 1. The van der Waals surface area contributed by atoms with E-state index in [1.807, 2.05) is 48.5 Å². The van der Waals surface area contributed by atoms with Gasteiger partial charge in [-0.25, -0.2) is 8.42 Å². The Balaban J connectivity index is 1.83. The Kier molecular flexibility index (Phi) is 8.08. The molecule has 3 aromatic rings. The third kappa shape index (κ3) is 6.12. The van der Waals surface area contributed by atoms with Gasteiger partial charge >= 0.3 is 0 Å². The van der Waals surface area contributed by atoms with Crippen LogP contribution in [0.4, 0.5) is 0 Å². The summed E-state index contributed by atoms with van der Waals surface area (Å²) >= 11 is 0. The maximum Gasteiger partial charge on any atom is 0.243 e. The van der Waals surface area contributed by atoms with Gasteiger partial charge in [0.2, 0.25) is 15.9 Å². The number of benzene rings is 3. The molecule has 0 unspecified atom stereocenters. The minimum Gasteiger partial charge on any atom is -0.496 e. The first-order chi connectivity index (χ1) is 15.8. The molecule has 0 aliphatic carbocycles. The highest BCUT2D eigenvalue weighted by atomic mass is 32.2. The maximum absolute atomic E-state index is 13.5. The maximum atomic E-state index is 13.5. The molecule has 0 aliphatic heterocycles. The van der Waals surface area contributed by atoms with Crippen LogP contribution in [0, 0.1) is 6.92 Å². The number of aryl methyl sites for hydroxylation is 1. The second kappa shape index (κ2) is 11.0. The zero-order chi connectivity index (χ0) is 23.8. The topological polar surface area (TPSA) is 84.9 Å². The van der Waals surface area contributed by atoms with Crippen molar-refractivity contribution in [1.82, 2.24) is 9.62 Å². The lowest BCUT2D eigenvalue weighted by Crippen LogP contribution is -2.40. The number of nitrogens with zero attached hydrogens (tertiary/aromatic N) is 1. The van der Waals surface area contributed by atoms with E-state index < -0.39 is 15.9 Å². The van der Waals surface area contributed by atoms with Gasteiger partial charge < -0.3 is 14.8 Å². The van der Waals surface area contributed by atoms with Gasteiger partial charge in [0.1, 0.15) is 11.5 Å². The van der Waals surface area contributed by atoms with E-state index in [1.54, 1.807) is 32.2 Å². The Hall–Kier alpha value is -3.36. The van der Waals surface area contributed by atoms with Crippen LogP contribution in [-0.4, -0.2) is 39.4 Å². The van der Waals surface area contributed by atoms with Crippen LogP contribution >= 0.6 is 0 Å². The van der Waals surface area contributed by atoms with E-state index in [2.05, 4.69) is 5.32 Å². The summed E-state index contributed by atoms with van der Waals surface area (Å²) in [6.07, 6.45) is 0. The van der Waals surface area contributed by atoms with Gasteiger partial charge in [-0.15, -0.1) is 0 Å². The fraction of sp³-hybridized carbons (Fsp3) is 0.240. The number of para-hydroxylation sites is 1. The summed E-state index contributed by atoms with van der Waals surface area (Å²) in [7, 11) is -0.852. The zero-order valence-electron chi connectivity index (χ0n) is 18.9. The summed E-state index contributed by atoms with van der Waals surface area (Å²) in [6.45, 7) is 1.75. The molecule has 7 nitrogen and oxygen atoms in total. The van der Waals surface area contributed by atoms with Crippen molar-refractivity contribution in [3.05, 3.63) is 89.5 Å². The molecule has 0 spiro atoms. The summed E-state index contributed by atoms with van der Waals surface area (Å²) < 4.78 is 38.7. The highest BCUT2D eigenvalue weighted by molar-refractivity contribution is 7.89. The van der Waals surface area contributed by atoms with Crippen LogP contribution in [-0.2, 0) is 27.9 Å². The minimum absolute atomic E-state index is 0.0658. The summed E-state index contributed by atoms with van der Waals surface area (Å²) in [5.41, 5.74) is 2.28. The van der Waals surface area contributed by atoms with Gasteiger partial charge in [-0.3, -0.25) is 4.79 Å². The standard InChI is InChI=1S/C25H28N2O5S/c1-19-15-22(13-14-23(19)31-2)33(29,30)27(17-20-9-5-4-6-10-20)18-25(28)26-16-21-11-7-8-12-24(21)32-3/h4-15H,16-18H2,1-3H3,(H,26,28). The molecule has 33 heavy (non-hydrogen) atoms. The van der Waals surface area contributed by atoms with Crippen molar-refractivity contribution in [3.8, 4) is 11.5 Å². The summed E-state index contributed by atoms with van der Waals surface area (Å²) in [5.74, 6) is 0.837. The number of hydrogen-bond donors (Lipinski definition) is 1. The van der Waals surface area contributed by atoms with Crippen molar-refractivity contribution in [2.75, 3.05) is 20.8 Å². The highest BCUT2D eigenvalue weighted by Gasteiger charge is 2.27. The number of hydrogen-bond acceptors (Lipinski definition) is 5. The number of nitrogens with one attached hydrogen (secondary N) is 1. The Morgan fingerprint density at radius 2 is 1.58 bits per heavy atom. The van der Waals surface area contributed by atoms with Crippen LogP contribution in [0.25, 0.3) is 0 Å². The van der Waals surface area contributed by atoms with E-state index in [0.29, 0.717) is 17.1 Å². The Bertz CT molecular complexity index is 1200. The van der Waals surface area contributed by atoms with E-state index in [9.17, 15) is 13.2 Å². The smallest absolute Gasteiger partial charge is 0.243 e. The number of carbonyl (C=O) groups is 1. The average Bonchev–Trinajstić information content (AvgIpc) is 2.83. The van der Waals surface area contributed by atoms with Gasteiger partial charge in [0.15, 0.2) is 0 Å². The molecule has 0 fully saturated rings. The van der Waals surface area contributed by atoms with Crippen LogP contribution < -0.4 is 14.8 Å². The Labute approximate surface area is 195 Å². The summed E-state index contributed by atoms with van der Waals surface area (Å²) in [6, 6.07) is 21.2. The molecule has 0 aliphatic rings. The van der Waals surface area contributed by atoms with E-state index in [1.165, 1.54) is 17.5 Å². The van der Waals surface area contributed by atoms with Crippen LogP contribution in [0.15, 0.2) is 77.7 Å². The molecule has 8 heteroatoms. The Morgan fingerprint density at radius 1 is 0.909 bits per heavy atom. The molecule has 174 valence electrons.